The number of aliphatic hydroxyl groups excluding tert-OH is 1. The van der Waals surface area contributed by atoms with Crippen LogP contribution >= 0.6 is 0 Å². The van der Waals surface area contributed by atoms with Crippen molar-refractivity contribution in [3.63, 3.8) is 0 Å². The van der Waals surface area contributed by atoms with Crippen LogP contribution < -0.4 is 11.5 Å². The molecule has 8 nitrogen and oxygen atoms in total. The lowest BCUT2D eigenvalue weighted by Gasteiger charge is -2.25. The number of carbonyl (C=O) groups excluding carboxylic acids is 2. The van der Waals surface area contributed by atoms with Crippen molar-refractivity contribution >= 4 is 17.8 Å². The van der Waals surface area contributed by atoms with Crippen LogP contribution in [0, 0.1) is 0 Å². The molecule has 0 radical (unpaired) electrons. The van der Waals surface area contributed by atoms with Crippen molar-refractivity contribution in [3.05, 3.63) is 35.9 Å². The molecule has 6 N–H and O–H groups in total. The second kappa shape index (κ2) is 7.48. The van der Waals surface area contributed by atoms with E-state index >= 15 is 0 Å². The molecular formula is C13H17N3O5. The summed E-state index contributed by atoms with van der Waals surface area (Å²) < 4.78 is 0. The number of hydrogen-bond acceptors (Lipinski definition) is 6. The third-order valence-electron chi connectivity index (χ3n) is 2.76. The van der Waals surface area contributed by atoms with Crippen LogP contribution in [0.2, 0.25) is 0 Å². The van der Waals surface area contributed by atoms with Crippen LogP contribution in [0.1, 0.15) is 5.56 Å². The summed E-state index contributed by atoms with van der Waals surface area (Å²) in [5, 5.41) is 18.2. The normalized spacial score (nSPS) is 13.3. The number of imide groups is 1. The number of carboxylic acid groups (broad SMARTS) is 1. The number of nitrogens with zero attached hydrogens (tertiary/aromatic N) is 1. The van der Waals surface area contributed by atoms with Gasteiger partial charge in [0.25, 0.3) is 0 Å². The van der Waals surface area contributed by atoms with Gasteiger partial charge in [-0.25, -0.2) is 9.69 Å². The molecule has 0 spiro atoms. The van der Waals surface area contributed by atoms with Gasteiger partial charge in [-0.1, -0.05) is 30.3 Å². The van der Waals surface area contributed by atoms with Crippen LogP contribution in [-0.4, -0.2) is 51.7 Å². The zero-order chi connectivity index (χ0) is 16.0. The molecule has 8 heteroatoms. The average Bonchev–Trinajstić information content (AvgIpc) is 2.47. The summed E-state index contributed by atoms with van der Waals surface area (Å²) in [6.45, 7) is -0.617. The van der Waals surface area contributed by atoms with Gasteiger partial charge in [0.15, 0.2) is 0 Å². The van der Waals surface area contributed by atoms with E-state index in [1.165, 1.54) is 0 Å². The molecule has 0 saturated heterocycles. The van der Waals surface area contributed by atoms with Crippen molar-refractivity contribution in [2.24, 2.45) is 11.5 Å². The first-order valence-corrected chi connectivity index (χ1v) is 6.14. The minimum atomic E-state index is -2.31. The first-order valence-electron chi connectivity index (χ1n) is 6.14. The average molecular weight is 295 g/mol. The van der Waals surface area contributed by atoms with Crippen molar-refractivity contribution < 1.29 is 24.6 Å². The zero-order valence-electron chi connectivity index (χ0n) is 11.2. The van der Waals surface area contributed by atoms with Gasteiger partial charge < -0.3 is 21.7 Å². The van der Waals surface area contributed by atoms with E-state index in [2.05, 4.69) is 0 Å². The van der Waals surface area contributed by atoms with Crippen LogP contribution in [-0.2, 0) is 20.8 Å². The Labute approximate surface area is 120 Å². The number of aliphatic carboxylic acids is 1. The quantitative estimate of drug-likeness (QED) is 0.456. The van der Waals surface area contributed by atoms with Gasteiger partial charge in [0, 0.05) is 0 Å². The van der Waals surface area contributed by atoms with Gasteiger partial charge in [-0.2, -0.15) is 0 Å². The summed E-state index contributed by atoms with van der Waals surface area (Å²) in [6.07, 6.45) is -2.21. The van der Waals surface area contributed by atoms with Crippen molar-refractivity contribution in [1.29, 1.82) is 0 Å². The van der Waals surface area contributed by atoms with Crippen LogP contribution in [0.15, 0.2) is 30.3 Å². The Morgan fingerprint density at radius 3 is 2.24 bits per heavy atom. The molecule has 2 amide bonds. The summed E-state index contributed by atoms with van der Waals surface area (Å²) in [7, 11) is 0. The van der Waals surface area contributed by atoms with E-state index in [1.807, 2.05) is 0 Å². The van der Waals surface area contributed by atoms with E-state index in [9.17, 15) is 19.5 Å². The highest BCUT2D eigenvalue weighted by Crippen LogP contribution is 2.07. The summed E-state index contributed by atoms with van der Waals surface area (Å²) in [4.78, 5) is 34.6. The predicted molar refractivity (Wildman–Crippen MR) is 72.7 cm³/mol. The number of carboxylic acids is 1. The lowest BCUT2D eigenvalue weighted by atomic mass is 10.1. The molecular weight excluding hydrogens is 278 g/mol. The second-order valence-corrected chi connectivity index (χ2v) is 4.31. The molecule has 0 aliphatic carbocycles. The number of hydrogen-bond donors (Lipinski definition) is 4. The maximum atomic E-state index is 12.1. The Morgan fingerprint density at radius 2 is 1.76 bits per heavy atom. The molecule has 1 aromatic carbocycles. The highest BCUT2D eigenvalue weighted by atomic mass is 16.4. The lowest BCUT2D eigenvalue weighted by Crippen LogP contribution is -2.56. The van der Waals surface area contributed by atoms with Crippen LogP contribution in [0.3, 0.4) is 0 Å². The van der Waals surface area contributed by atoms with Gasteiger partial charge in [0.05, 0.1) is 12.6 Å². The second-order valence-electron chi connectivity index (χ2n) is 4.31. The topological polar surface area (TPSA) is 147 Å². The van der Waals surface area contributed by atoms with E-state index < -0.39 is 36.6 Å². The third kappa shape index (κ3) is 4.35. The number of amides is 2. The molecule has 0 fully saturated rings. The molecule has 0 aliphatic heterocycles. The van der Waals surface area contributed by atoms with Crippen molar-refractivity contribution in [2.45, 2.75) is 18.7 Å². The summed E-state index contributed by atoms with van der Waals surface area (Å²) >= 11 is 0. The lowest BCUT2D eigenvalue weighted by molar-refractivity contribution is -0.171. The molecule has 1 aromatic rings. The fraction of sp³-hybridized carbons (Fsp3) is 0.308. The number of rotatable bonds is 6. The van der Waals surface area contributed by atoms with Gasteiger partial charge in [-0.05, 0) is 12.0 Å². The summed E-state index contributed by atoms with van der Waals surface area (Å²) in [5.74, 6) is -3.75. The van der Waals surface area contributed by atoms with Gasteiger partial charge in [-0.15, -0.1) is 0 Å². The molecule has 2 unspecified atom stereocenters. The molecule has 0 aliphatic rings. The van der Waals surface area contributed by atoms with E-state index in [4.69, 9.17) is 16.6 Å². The molecule has 0 bridgehead atoms. The smallest absolute Gasteiger partial charge is 0.354 e. The molecule has 2 atom stereocenters. The Hall–Kier alpha value is -2.29. The highest BCUT2D eigenvalue weighted by molar-refractivity contribution is 6.01. The number of carbonyl (C=O) groups is 3. The standard InChI is InChI=1S/C13H17N3O5/c14-7-10(17)16(12(19)13(20)21)11(18)9(15)6-8-4-2-1-3-5-8/h1-5,9,12,19H,6-7,14-15H2,(H,20,21). The van der Waals surface area contributed by atoms with Gasteiger partial charge in [-0.3, -0.25) is 9.59 Å². The zero-order valence-corrected chi connectivity index (χ0v) is 11.2. The molecule has 0 aromatic heterocycles. The molecule has 1 rings (SSSR count). The van der Waals surface area contributed by atoms with Crippen LogP contribution in [0.5, 0.6) is 0 Å². The molecule has 0 heterocycles. The van der Waals surface area contributed by atoms with Crippen molar-refractivity contribution in [3.8, 4) is 0 Å². The van der Waals surface area contributed by atoms with E-state index in [1.54, 1.807) is 30.3 Å². The Kier molecular flexibility index (Phi) is 5.97. The van der Waals surface area contributed by atoms with Crippen LogP contribution in [0.4, 0.5) is 0 Å². The first kappa shape index (κ1) is 16.8. The predicted octanol–water partition coefficient (Wildman–Crippen LogP) is -1.73. The van der Waals surface area contributed by atoms with Crippen molar-refractivity contribution in [1.82, 2.24) is 4.90 Å². The van der Waals surface area contributed by atoms with E-state index in [-0.39, 0.29) is 11.3 Å². The third-order valence-corrected chi connectivity index (χ3v) is 2.76. The number of aliphatic hydroxyl groups is 1. The number of nitrogens with two attached hydrogens (primary N) is 2. The van der Waals surface area contributed by atoms with E-state index in [0.717, 1.165) is 5.56 Å². The number of benzene rings is 1. The van der Waals surface area contributed by atoms with E-state index in [0.29, 0.717) is 0 Å². The van der Waals surface area contributed by atoms with Crippen LogP contribution in [0.25, 0.3) is 0 Å². The fourth-order valence-corrected chi connectivity index (χ4v) is 1.72. The van der Waals surface area contributed by atoms with Gasteiger partial charge >= 0.3 is 5.97 Å². The molecule has 0 saturated carbocycles. The Bertz CT molecular complexity index is 520. The maximum Gasteiger partial charge on any atom is 0.354 e. The van der Waals surface area contributed by atoms with Gasteiger partial charge in [0.2, 0.25) is 18.0 Å². The summed E-state index contributed by atoms with van der Waals surface area (Å²) in [6, 6.07) is 7.58. The fourth-order valence-electron chi connectivity index (χ4n) is 1.72. The SMILES string of the molecule is NCC(=O)N(C(=O)C(N)Cc1ccccc1)C(O)C(=O)O. The Balaban J connectivity index is 2.89. The first-order chi connectivity index (χ1) is 9.88. The van der Waals surface area contributed by atoms with Crippen molar-refractivity contribution in [2.75, 3.05) is 6.54 Å². The maximum absolute atomic E-state index is 12.1. The Morgan fingerprint density at radius 1 is 1.19 bits per heavy atom. The monoisotopic (exact) mass is 295 g/mol. The minimum absolute atomic E-state index is 0.0976. The summed E-state index contributed by atoms with van der Waals surface area (Å²) in [5.41, 5.74) is 11.5. The largest absolute Gasteiger partial charge is 0.478 e. The molecule has 114 valence electrons. The highest BCUT2D eigenvalue weighted by Gasteiger charge is 2.35. The van der Waals surface area contributed by atoms with Gasteiger partial charge in [0.1, 0.15) is 0 Å². The minimum Gasteiger partial charge on any atom is -0.478 e. The molecule has 21 heavy (non-hydrogen) atoms.